The SMILES string of the molecule is COC(=N)c1cccc(OCCO)c1. The van der Waals surface area contributed by atoms with Crippen LogP contribution in [0.5, 0.6) is 5.75 Å². The fourth-order valence-electron chi connectivity index (χ4n) is 1.01. The van der Waals surface area contributed by atoms with Gasteiger partial charge in [0.15, 0.2) is 0 Å². The van der Waals surface area contributed by atoms with Gasteiger partial charge in [-0.25, -0.2) is 0 Å². The van der Waals surface area contributed by atoms with Crippen molar-refractivity contribution in [3.05, 3.63) is 29.8 Å². The van der Waals surface area contributed by atoms with Gasteiger partial charge in [0.25, 0.3) is 0 Å². The molecule has 4 nitrogen and oxygen atoms in total. The van der Waals surface area contributed by atoms with Crippen molar-refractivity contribution in [3.63, 3.8) is 0 Å². The molecule has 14 heavy (non-hydrogen) atoms. The van der Waals surface area contributed by atoms with E-state index >= 15 is 0 Å². The highest BCUT2D eigenvalue weighted by Crippen LogP contribution is 2.13. The van der Waals surface area contributed by atoms with Gasteiger partial charge in [-0.3, -0.25) is 5.41 Å². The van der Waals surface area contributed by atoms with Gasteiger partial charge in [0.1, 0.15) is 12.4 Å². The normalized spacial score (nSPS) is 9.57. The quantitative estimate of drug-likeness (QED) is 0.557. The number of ether oxygens (including phenoxy) is 2. The first kappa shape index (κ1) is 10.5. The Morgan fingerprint density at radius 1 is 1.50 bits per heavy atom. The molecule has 2 N–H and O–H groups in total. The topological polar surface area (TPSA) is 62.5 Å². The highest BCUT2D eigenvalue weighted by molar-refractivity contribution is 5.91. The molecule has 0 radical (unpaired) electrons. The first-order chi connectivity index (χ1) is 6.77. The van der Waals surface area contributed by atoms with E-state index in [-0.39, 0.29) is 19.1 Å². The van der Waals surface area contributed by atoms with E-state index in [0.29, 0.717) is 11.3 Å². The van der Waals surface area contributed by atoms with Crippen LogP contribution in [-0.2, 0) is 4.74 Å². The molecule has 0 aromatic heterocycles. The molecule has 0 saturated carbocycles. The lowest BCUT2D eigenvalue weighted by atomic mass is 10.2. The molecule has 0 amide bonds. The Bertz CT molecular complexity index is 312. The molecule has 0 unspecified atom stereocenters. The maximum atomic E-state index is 8.56. The van der Waals surface area contributed by atoms with Crippen LogP contribution in [0.4, 0.5) is 0 Å². The molecular formula is C10H13NO3. The molecule has 1 aromatic rings. The average Bonchev–Trinajstić information content (AvgIpc) is 2.25. The molecule has 76 valence electrons. The van der Waals surface area contributed by atoms with Gasteiger partial charge >= 0.3 is 0 Å². The van der Waals surface area contributed by atoms with Crippen LogP contribution in [0.2, 0.25) is 0 Å². The molecule has 0 aliphatic carbocycles. The maximum Gasteiger partial charge on any atom is 0.213 e. The summed E-state index contributed by atoms with van der Waals surface area (Å²) in [6, 6.07) is 7.00. The highest BCUT2D eigenvalue weighted by atomic mass is 16.5. The van der Waals surface area contributed by atoms with Gasteiger partial charge in [-0.1, -0.05) is 6.07 Å². The lowest BCUT2D eigenvalue weighted by Crippen LogP contribution is -2.04. The third-order valence-corrected chi connectivity index (χ3v) is 1.66. The second kappa shape index (κ2) is 5.24. The van der Waals surface area contributed by atoms with Crippen LogP contribution in [0.3, 0.4) is 0 Å². The minimum atomic E-state index is -0.0219. The fraction of sp³-hybridized carbons (Fsp3) is 0.300. The second-order valence-corrected chi connectivity index (χ2v) is 2.63. The third kappa shape index (κ3) is 2.74. The molecule has 0 saturated heterocycles. The van der Waals surface area contributed by atoms with Gasteiger partial charge in [-0.05, 0) is 18.2 Å². The van der Waals surface area contributed by atoms with Crippen LogP contribution in [0.15, 0.2) is 24.3 Å². The summed E-state index contributed by atoms with van der Waals surface area (Å²) in [6.07, 6.45) is 0. The first-order valence-corrected chi connectivity index (χ1v) is 4.24. The minimum Gasteiger partial charge on any atom is -0.491 e. The highest BCUT2D eigenvalue weighted by Gasteiger charge is 2.01. The molecule has 0 fully saturated rings. The maximum absolute atomic E-state index is 8.56. The van der Waals surface area contributed by atoms with E-state index in [9.17, 15) is 0 Å². The van der Waals surface area contributed by atoms with E-state index in [1.54, 1.807) is 24.3 Å². The van der Waals surface area contributed by atoms with E-state index in [4.69, 9.17) is 20.0 Å². The van der Waals surface area contributed by atoms with Crippen LogP contribution in [-0.4, -0.2) is 31.3 Å². The minimum absolute atomic E-state index is 0.0219. The lowest BCUT2D eigenvalue weighted by Gasteiger charge is -2.06. The number of nitrogens with one attached hydrogen (secondary N) is 1. The number of rotatable bonds is 4. The predicted molar refractivity (Wildman–Crippen MR) is 52.9 cm³/mol. The smallest absolute Gasteiger partial charge is 0.213 e. The number of methoxy groups -OCH3 is 1. The van der Waals surface area contributed by atoms with Crippen molar-refractivity contribution in [3.8, 4) is 5.75 Å². The second-order valence-electron chi connectivity index (χ2n) is 2.63. The first-order valence-electron chi connectivity index (χ1n) is 4.24. The average molecular weight is 195 g/mol. The van der Waals surface area contributed by atoms with E-state index in [2.05, 4.69) is 0 Å². The molecule has 0 spiro atoms. The zero-order chi connectivity index (χ0) is 10.4. The Kier molecular flexibility index (Phi) is 3.94. The van der Waals surface area contributed by atoms with Gasteiger partial charge < -0.3 is 14.6 Å². The third-order valence-electron chi connectivity index (χ3n) is 1.66. The largest absolute Gasteiger partial charge is 0.491 e. The molecular weight excluding hydrogens is 182 g/mol. The predicted octanol–water partition coefficient (Wildman–Crippen LogP) is 1.03. The summed E-state index contributed by atoms with van der Waals surface area (Å²) in [4.78, 5) is 0. The van der Waals surface area contributed by atoms with Crippen molar-refractivity contribution < 1.29 is 14.6 Å². The van der Waals surface area contributed by atoms with Crippen LogP contribution < -0.4 is 4.74 Å². The van der Waals surface area contributed by atoms with E-state index in [0.717, 1.165) is 0 Å². The Morgan fingerprint density at radius 2 is 2.29 bits per heavy atom. The molecule has 0 heterocycles. The van der Waals surface area contributed by atoms with Crippen molar-refractivity contribution in [1.29, 1.82) is 5.41 Å². The summed E-state index contributed by atoms with van der Waals surface area (Å²) in [6.45, 7) is 0.232. The summed E-state index contributed by atoms with van der Waals surface area (Å²) in [5, 5.41) is 16.0. The van der Waals surface area contributed by atoms with Crippen LogP contribution in [0, 0.1) is 5.41 Å². The van der Waals surface area contributed by atoms with Crippen molar-refractivity contribution >= 4 is 5.90 Å². The van der Waals surface area contributed by atoms with Crippen molar-refractivity contribution in [2.45, 2.75) is 0 Å². The molecule has 0 atom stereocenters. The summed E-state index contributed by atoms with van der Waals surface area (Å²) in [5.41, 5.74) is 0.655. The number of hydrogen-bond donors (Lipinski definition) is 2. The summed E-state index contributed by atoms with van der Waals surface area (Å²) < 4.78 is 9.96. The lowest BCUT2D eigenvalue weighted by molar-refractivity contribution is 0.201. The number of aliphatic hydroxyl groups excluding tert-OH is 1. The monoisotopic (exact) mass is 195 g/mol. The van der Waals surface area contributed by atoms with E-state index in [1.165, 1.54) is 7.11 Å². The van der Waals surface area contributed by atoms with Crippen LogP contribution >= 0.6 is 0 Å². The summed E-state index contributed by atoms with van der Waals surface area (Å²) in [7, 11) is 1.45. The molecule has 1 rings (SSSR count). The molecule has 4 heteroatoms. The molecule has 1 aromatic carbocycles. The van der Waals surface area contributed by atoms with Gasteiger partial charge in [0.2, 0.25) is 5.90 Å². The summed E-state index contributed by atoms with van der Waals surface area (Å²) in [5.74, 6) is 0.720. The standard InChI is InChI=1S/C10H13NO3/c1-13-10(11)8-3-2-4-9(7-8)14-6-5-12/h2-4,7,11-12H,5-6H2,1H3. The van der Waals surface area contributed by atoms with Gasteiger partial charge in [-0.2, -0.15) is 0 Å². The zero-order valence-corrected chi connectivity index (χ0v) is 7.99. The Balaban J connectivity index is 2.73. The van der Waals surface area contributed by atoms with Gasteiger partial charge in [0.05, 0.1) is 13.7 Å². The Hall–Kier alpha value is -1.55. The van der Waals surface area contributed by atoms with E-state index in [1.807, 2.05) is 0 Å². The molecule has 0 bridgehead atoms. The van der Waals surface area contributed by atoms with Crippen molar-refractivity contribution in [2.75, 3.05) is 20.3 Å². The van der Waals surface area contributed by atoms with Crippen molar-refractivity contribution in [1.82, 2.24) is 0 Å². The zero-order valence-electron chi connectivity index (χ0n) is 7.99. The molecule has 0 aliphatic heterocycles. The van der Waals surface area contributed by atoms with Gasteiger partial charge in [-0.15, -0.1) is 0 Å². The number of hydrogen-bond acceptors (Lipinski definition) is 4. The fourth-order valence-corrected chi connectivity index (χ4v) is 1.01. The van der Waals surface area contributed by atoms with Gasteiger partial charge in [0, 0.05) is 5.56 Å². The number of aliphatic hydroxyl groups is 1. The van der Waals surface area contributed by atoms with Crippen LogP contribution in [0.1, 0.15) is 5.56 Å². The number of benzene rings is 1. The van der Waals surface area contributed by atoms with E-state index < -0.39 is 0 Å². The van der Waals surface area contributed by atoms with Crippen molar-refractivity contribution in [2.24, 2.45) is 0 Å². The van der Waals surface area contributed by atoms with Crippen LogP contribution in [0.25, 0.3) is 0 Å². The Labute approximate surface area is 82.6 Å². The Morgan fingerprint density at radius 3 is 2.93 bits per heavy atom. The molecule has 0 aliphatic rings. The summed E-state index contributed by atoms with van der Waals surface area (Å²) >= 11 is 0.